The number of hydrogen-bond donors (Lipinski definition) is 1. The highest BCUT2D eigenvalue weighted by Gasteiger charge is 1.95. The molecule has 0 aliphatic heterocycles. The molecular formula is C14H13ClN2. The minimum atomic E-state index is 0.697. The lowest BCUT2D eigenvalue weighted by atomic mass is 10.2. The first-order valence-corrected chi connectivity index (χ1v) is 5.74. The van der Waals surface area contributed by atoms with E-state index in [0.717, 1.165) is 16.8 Å². The summed E-state index contributed by atoms with van der Waals surface area (Å²) in [4.78, 5) is 0. The van der Waals surface area contributed by atoms with Crippen LogP contribution in [0.5, 0.6) is 0 Å². The van der Waals surface area contributed by atoms with Crippen molar-refractivity contribution in [3.05, 3.63) is 64.7 Å². The largest absolute Gasteiger partial charge is 0.278 e. The van der Waals surface area contributed by atoms with E-state index in [1.54, 1.807) is 6.21 Å². The third-order valence-corrected chi connectivity index (χ3v) is 2.78. The standard InChI is InChI=1S/C14H13ClN2/c1-11-6-2-5-9-14(11)17-16-10-12-7-3-4-8-13(12)15/h2-10,17H,1H3/b16-10+. The van der Waals surface area contributed by atoms with Gasteiger partial charge in [-0.2, -0.15) is 5.10 Å². The second-order valence-corrected chi connectivity index (χ2v) is 4.11. The molecule has 0 bridgehead atoms. The van der Waals surface area contributed by atoms with Gasteiger partial charge in [0.2, 0.25) is 0 Å². The van der Waals surface area contributed by atoms with Gasteiger partial charge in [0.15, 0.2) is 0 Å². The molecule has 3 heteroatoms. The number of aryl methyl sites for hydroxylation is 1. The molecule has 0 amide bonds. The van der Waals surface area contributed by atoms with Crippen molar-refractivity contribution in [3.63, 3.8) is 0 Å². The van der Waals surface area contributed by atoms with E-state index in [-0.39, 0.29) is 0 Å². The Labute approximate surface area is 106 Å². The van der Waals surface area contributed by atoms with Crippen LogP contribution in [0, 0.1) is 6.92 Å². The molecule has 0 heterocycles. The summed E-state index contributed by atoms with van der Waals surface area (Å²) >= 11 is 6.02. The van der Waals surface area contributed by atoms with Gasteiger partial charge in [0.05, 0.1) is 11.9 Å². The topological polar surface area (TPSA) is 24.4 Å². The molecule has 86 valence electrons. The van der Waals surface area contributed by atoms with Gasteiger partial charge < -0.3 is 0 Å². The van der Waals surface area contributed by atoms with Gasteiger partial charge in [-0.15, -0.1) is 0 Å². The van der Waals surface area contributed by atoms with Crippen molar-refractivity contribution in [1.29, 1.82) is 0 Å². The fourth-order valence-corrected chi connectivity index (χ4v) is 1.63. The fourth-order valence-electron chi connectivity index (χ4n) is 1.45. The summed E-state index contributed by atoms with van der Waals surface area (Å²) in [6.45, 7) is 2.04. The second-order valence-electron chi connectivity index (χ2n) is 3.71. The number of nitrogens with one attached hydrogen (secondary N) is 1. The number of benzene rings is 2. The van der Waals surface area contributed by atoms with Gasteiger partial charge in [0.1, 0.15) is 0 Å². The Kier molecular flexibility index (Phi) is 3.78. The lowest BCUT2D eigenvalue weighted by Crippen LogP contribution is -1.93. The highest BCUT2D eigenvalue weighted by Crippen LogP contribution is 2.14. The first-order chi connectivity index (χ1) is 8.27. The quantitative estimate of drug-likeness (QED) is 0.638. The SMILES string of the molecule is Cc1ccccc1N/N=C/c1ccccc1Cl. The highest BCUT2D eigenvalue weighted by molar-refractivity contribution is 6.33. The van der Waals surface area contributed by atoms with Crippen LogP contribution in [0.25, 0.3) is 0 Å². The van der Waals surface area contributed by atoms with Crippen LogP contribution in [0.15, 0.2) is 53.6 Å². The third kappa shape index (κ3) is 3.08. The van der Waals surface area contributed by atoms with E-state index in [1.165, 1.54) is 0 Å². The molecular weight excluding hydrogens is 232 g/mol. The Balaban J connectivity index is 2.09. The Morgan fingerprint density at radius 3 is 2.53 bits per heavy atom. The first-order valence-electron chi connectivity index (χ1n) is 5.36. The maximum atomic E-state index is 6.02. The average Bonchev–Trinajstić information content (AvgIpc) is 2.34. The van der Waals surface area contributed by atoms with Gasteiger partial charge in [0.25, 0.3) is 0 Å². The predicted molar refractivity (Wildman–Crippen MR) is 73.8 cm³/mol. The number of anilines is 1. The van der Waals surface area contributed by atoms with Crippen LogP contribution in [0.1, 0.15) is 11.1 Å². The summed E-state index contributed by atoms with van der Waals surface area (Å²) in [5, 5.41) is 4.87. The van der Waals surface area contributed by atoms with E-state index >= 15 is 0 Å². The Hall–Kier alpha value is -1.80. The maximum absolute atomic E-state index is 6.02. The highest BCUT2D eigenvalue weighted by atomic mass is 35.5. The molecule has 2 aromatic rings. The number of rotatable bonds is 3. The summed E-state index contributed by atoms with van der Waals surface area (Å²) in [5.74, 6) is 0. The zero-order chi connectivity index (χ0) is 12.1. The van der Waals surface area contributed by atoms with Gasteiger partial charge in [0, 0.05) is 10.6 Å². The summed E-state index contributed by atoms with van der Waals surface area (Å²) in [6.07, 6.45) is 1.72. The van der Waals surface area contributed by atoms with Gasteiger partial charge in [-0.25, -0.2) is 0 Å². The van der Waals surface area contributed by atoms with Gasteiger partial charge in [-0.05, 0) is 24.6 Å². The van der Waals surface area contributed by atoms with Crippen molar-refractivity contribution < 1.29 is 0 Å². The van der Waals surface area contributed by atoms with Crippen molar-refractivity contribution in [3.8, 4) is 0 Å². The maximum Gasteiger partial charge on any atom is 0.0590 e. The number of para-hydroxylation sites is 1. The Bertz CT molecular complexity index is 535. The number of halogens is 1. The molecule has 0 aromatic heterocycles. The smallest absolute Gasteiger partial charge is 0.0590 e. The zero-order valence-electron chi connectivity index (χ0n) is 9.52. The molecule has 1 N–H and O–H groups in total. The van der Waals surface area contributed by atoms with E-state index in [1.807, 2.05) is 55.5 Å². The van der Waals surface area contributed by atoms with Crippen LogP contribution in [0.2, 0.25) is 5.02 Å². The molecule has 0 saturated carbocycles. The van der Waals surface area contributed by atoms with Crippen molar-refractivity contribution in [2.24, 2.45) is 5.10 Å². The lowest BCUT2D eigenvalue weighted by Gasteiger charge is -2.03. The minimum Gasteiger partial charge on any atom is -0.278 e. The molecule has 0 unspecified atom stereocenters. The molecule has 0 radical (unpaired) electrons. The summed E-state index contributed by atoms with van der Waals surface area (Å²) in [7, 11) is 0. The molecule has 2 nitrogen and oxygen atoms in total. The fraction of sp³-hybridized carbons (Fsp3) is 0.0714. The van der Waals surface area contributed by atoms with Crippen LogP contribution in [-0.4, -0.2) is 6.21 Å². The summed E-state index contributed by atoms with van der Waals surface area (Å²) in [6, 6.07) is 15.6. The molecule has 0 fully saturated rings. The molecule has 0 aliphatic carbocycles. The predicted octanol–water partition coefficient (Wildman–Crippen LogP) is 4.09. The van der Waals surface area contributed by atoms with Crippen LogP contribution < -0.4 is 5.43 Å². The third-order valence-electron chi connectivity index (χ3n) is 2.44. The van der Waals surface area contributed by atoms with E-state index in [4.69, 9.17) is 11.6 Å². The van der Waals surface area contributed by atoms with Crippen molar-refractivity contribution in [1.82, 2.24) is 0 Å². The minimum absolute atomic E-state index is 0.697. The first kappa shape index (κ1) is 11.7. The van der Waals surface area contributed by atoms with Gasteiger partial charge in [-0.1, -0.05) is 48.0 Å². The van der Waals surface area contributed by atoms with Gasteiger partial charge in [-0.3, -0.25) is 5.43 Å². The molecule has 0 aliphatic rings. The zero-order valence-corrected chi connectivity index (χ0v) is 10.3. The molecule has 2 aromatic carbocycles. The summed E-state index contributed by atoms with van der Waals surface area (Å²) < 4.78 is 0. The monoisotopic (exact) mass is 244 g/mol. The normalized spacial score (nSPS) is 10.7. The number of nitrogens with zero attached hydrogens (tertiary/aromatic N) is 1. The van der Waals surface area contributed by atoms with Crippen molar-refractivity contribution in [2.75, 3.05) is 5.43 Å². The van der Waals surface area contributed by atoms with Crippen LogP contribution >= 0.6 is 11.6 Å². The van der Waals surface area contributed by atoms with Crippen molar-refractivity contribution in [2.45, 2.75) is 6.92 Å². The number of hydrogen-bond acceptors (Lipinski definition) is 2. The molecule has 0 saturated heterocycles. The molecule has 0 spiro atoms. The molecule has 2 rings (SSSR count). The van der Waals surface area contributed by atoms with Crippen LogP contribution in [-0.2, 0) is 0 Å². The average molecular weight is 245 g/mol. The second kappa shape index (κ2) is 5.51. The van der Waals surface area contributed by atoms with E-state index in [2.05, 4.69) is 10.5 Å². The van der Waals surface area contributed by atoms with E-state index < -0.39 is 0 Å². The summed E-state index contributed by atoms with van der Waals surface area (Å²) in [5.41, 5.74) is 6.05. The molecule has 17 heavy (non-hydrogen) atoms. The van der Waals surface area contributed by atoms with E-state index in [9.17, 15) is 0 Å². The number of hydrazone groups is 1. The van der Waals surface area contributed by atoms with Crippen molar-refractivity contribution >= 4 is 23.5 Å². The van der Waals surface area contributed by atoms with Gasteiger partial charge >= 0.3 is 0 Å². The van der Waals surface area contributed by atoms with Crippen LogP contribution in [0.3, 0.4) is 0 Å². The lowest BCUT2D eigenvalue weighted by molar-refractivity contribution is 1.31. The van der Waals surface area contributed by atoms with Crippen LogP contribution in [0.4, 0.5) is 5.69 Å². The Morgan fingerprint density at radius 2 is 1.76 bits per heavy atom. The molecule has 0 atom stereocenters. The Morgan fingerprint density at radius 1 is 1.06 bits per heavy atom. The van der Waals surface area contributed by atoms with E-state index in [0.29, 0.717) is 5.02 Å².